The maximum absolute atomic E-state index is 12.5. The molecule has 2 aromatic rings. The number of nitrogens with one attached hydrogen (secondary N) is 1. The Labute approximate surface area is 121 Å². The van der Waals surface area contributed by atoms with Gasteiger partial charge in [-0.1, -0.05) is 30.3 Å². The van der Waals surface area contributed by atoms with Gasteiger partial charge in [0.05, 0.1) is 5.41 Å². The number of amides is 1. The summed E-state index contributed by atoms with van der Waals surface area (Å²) in [5, 5.41) is 11.7. The number of carbonyl (C=O) groups excluding carboxylic acids is 1. The molecule has 1 aromatic carbocycles. The van der Waals surface area contributed by atoms with E-state index in [4.69, 9.17) is 5.11 Å². The molecule has 1 aliphatic rings. The van der Waals surface area contributed by atoms with Gasteiger partial charge in [0.25, 0.3) is 0 Å². The van der Waals surface area contributed by atoms with Gasteiger partial charge in [0.2, 0.25) is 5.91 Å². The normalized spacial score (nSPS) is 15.2. The molecule has 1 saturated carbocycles. The summed E-state index contributed by atoms with van der Waals surface area (Å²) in [5.74, 6) is -1.22. The molecule has 3 rings (SSSR count). The lowest BCUT2D eigenvalue weighted by Crippen LogP contribution is -2.27. The number of carbonyl (C=O) groups is 2. The molecule has 0 bridgehead atoms. The van der Waals surface area contributed by atoms with Crippen LogP contribution in [0, 0.1) is 0 Å². The van der Waals surface area contributed by atoms with Gasteiger partial charge in [-0.3, -0.25) is 4.79 Å². The van der Waals surface area contributed by atoms with E-state index in [1.54, 1.807) is 6.07 Å². The van der Waals surface area contributed by atoms with Crippen LogP contribution in [0.5, 0.6) is 0 Å². The lowest BCUT2D eigenvalue weighted by atomic mass is 9.95. The minimum absolute atomic E-state index is 0.0858. The number of pyridine rings is 1. The molecule has 1 amide bonds. The molecule has 2 N–H and O–H groups in total. The number of rotatable bonds is 4. The van der Waals surface area contributed by atoms with Crippen molar-refractivity contribution in [3.05, 3.63) is 59.9 Å². The number of nitrogens with zero attached hydrogens (tertiary/aromatic N) is 1. The maximum atomic E-state index is 12.5. The van der Waals surface area contributed by atoms with Crippen molar-refractivity contribution in [1.82, 2.24) is 4.98 Å². The zero-order chi connectivity index (χ0) is 14.9. The average molecular weight is 282 g/mol. The van der Waals surface area contributed by atoms with E-state index < -0.39 is 11.4 Å². The van der Waals surface area contributed by atoms with Crippen LogP contribution in [0.25, 0.3) is 0 Å². The smallest absolute Gasteiger partial charge is 0.354 e. The Balaban J connectivity index is 1.81. The van der Waals surface area contributed by atoms with Crippen molar-refractivity contribution >= 4 is 17.6 Å². The summed E-state index contributed by atoms with van der Waals surface area (Å²) < 4.78 is 0. The highest BCUT2D eigenvalue weighted by Gasteiger charge is 2.51. The first-order valence-corrected chi connectivity index (χ1v) is 6.68. The van der Waals surface area contributed by atoms with Gasteiger partial charge >= 0.3 is 5.97 Å². The van der Waals surface area contributed by atoms with Gasteiger partial charge in [-0.15, -0.1) is 0 Å². The molecule has 0 atom stereocenters. The molecular formula is C16H14N2O3. The van der Waals surface area contributed by atoms with E-state index in [1.807, 2.05) is 30.3 Å². The van der Waals surface area contributed by atoms with Crippen molar-refractivity contribution in [1.29, 1.82) is 0 Å². The molecule has 21 heavy (non-hydrogen) atoms. The second-order valence-corrected chi connectivity index (χ2v) is 5.14. The predicted octanol–water partition coefficient (Wildman–Crippen LogP) is 2.45. The van der Waals surface area contributed by atoms with Crippen molar-refractivity contribution in [2.24, 2.45) is 0 Å². The molecule has 106 valence electrons. The summed E-state index contributed by atoms with van der Waals surface area (Å²) in [4.78, 5) is 27.1. The Hall–Kier alpha value is -2.69. The highest BCUT2D eigenvalue weighted by atomic mass is 16.4. The largest absolute Gasteiger partial charge is 0.477 e. The Morgan fingerprint density at radius 1 is 1.14 bits per heavy atom. The number of hydrogen-bond donors (Lipinski definition) is 2. The third-order valence-electron chi connectivity index (χ3n) is 3.75. The molecule has 0 aliphatic heterocycles. The van der Waals surface area contributed by atoms with E-state index in [9.17, 15) is 9.59 Å². The highest BCUT2D eigenvalue weighted by Crippen LogP contribution is 2.48. The number of benzene rings is 1. The van der Waals surface area contributed by atoms with Gasteiger partial charge in [-0.2, -0.15) is 0 Å². The molecular weight excluding hydrogens is 268 g/mol. The molecule has 1 aliphatic carbocycles. The monoisotopic (exact) mass is 282 g/mol. The molecule has 5 nitrogen and oxygen atoms in total. The van der Waals surface area contributed by atoms with Gasteiger partial charge in [0.1, 0.15) is 5.69 Å². The number of anilines is 1. The molecule has 1 aromatic heterocycles. The maximum Gasteiger partial charge on any atom is 0.354 e. The summed E-state index contributed by atoms with van der Waals surface area (Å²) in [7, 11) is 0. The van der Waals surface area contributed by atoms with E-state index in [0.717, 1.165) is 18.4 Å². The van der Waals surface area contributed by atoms with E-state index in [0.29, 0.717) is 5.69 Å². The Bertz CT molecular complexity index is 694. The van der Waals surface area contributed by atoms with E-state index in [1.165, 1.54) is 12.3 Å². The fraction of sp³-hybridized carbons (Fsp3) is 0.188. The number of aromatic carboxylic acids is 1. The average Bonchev–Trinajstić information content (AvgIpc) is 3.30. The molecule has 0 spiro atoms. The van der Waals surface area contributed by atoms with Crippen LogP contribution in [0.3, 0.4) is 0 Å². The Morgan fingerprint density at radius 3 is 2.48 bits per heavy atom. The summed E-state index contributed by atoms with van der Waals surface area (Å²) in [6.07, 6.45) is 2.99. The number of carboxylic acids is 1. The standard InChI is InChI=1S/C16H14N2O3/c19-14(20)13-10-12(6-9-17-13)18-15(21)16(7-8-16)11-4-2-1-3-5-11/h1-6,9-10H,7-8H2,(H,19,20)(H,17,18,21). The van der Waals surface area contributed by atoms with Crippen LogP contribution < -0.4 is 5.32 Å². The van der Waals surface area contributed by atoms with Gasteiger partial charge in [-0.05, 0) is 30.5 Å². The van der Waals surface area contributed by atoms with Crippen molar-refractivity contribution < 1.29 is 14.7 Å². The lowest BCUT2D eigenvalue weighted by molar-refractivity contribution is -0.118. The second-order valence-electron chi connectivity index (χ2n) is 5.14. The third kappa shape index (κ3) is 2.50. The van der Waals surface area contributed by atoms with Crippen LogP contribution in [0.2, 0.25) is 0 Å². The fourth-order valence-corrected chi connectivity index (χ4v) is 2.41. The molecule has 1 heterocycles. The minimum Gasteiger partial charge on any atom is -0.477 e. The van der Waals surface area contributed by atoms with Crippen LogP contribution in [-0.2, 0) is 10.2 Å². The van der Waals surface area contributed by atoms with Crippen LogP contribution in [0.15, 0.2) is 48.7 Å². The number of aromatic nitrogens is 1. The lowest BCUT2D eigenvalue weighted by Gasteiger charge is -2.15. The first-order chi connectivity index (χ1) is 10.1. The van der Waals surface area contributed by atoms with Crippen molar-refractivity contribution in [3.8, 4) is 0 Å². The van der Waals surface area contributed by atoms with E-state index >= 15 is 0 Å². The van der Waals surface area contributed by atoms with Crippen molar-refractivity contribution in [3.63, 3.8) is 0 Å². The summed E-state index contributed by atoms with van der Waals surface area (Å²) in [5.41, 5.74) is 0.885. The fourth-order valence-electron chi connectivity index (χ4n) is 2.41. The first-order valence-electron chi connectivity index (χ1n) is 6.68. The van der Waals surface area contributed by atoms with Crippen molar-refractivity contribution in [2.45, 2.75) is 18.3 Å². The van der Waals surface area contributed by atoms with Crippen LogP contribution >= 0.6 is 0 Å². The van der Waals surface area contributed by atoms with Crippen LogP contribution in [0.1, 0.15) is 28.9 Å². The second kappa shape index (κ2) is 5.01. The summed E-state index contributed by atoms with van der Waals surface area (Å²) in [6, 6.07) is 12.6. The Morgan fingerprint density at radius 2 is 1.86 bits per heavy atom. The molecule has 1 fully saturated rings. The number of carboxylic acid groups (broad SMARTS) is 1. The Kier molecular flexibility index (Phi) is 3.17. The van der Waals surface area contributed by atoms with E-state index in [-0.39, 0.29) is 11.6 Å². The molecule has 0 saturated heterocycles. The summed E-state index contributed by atoms with van der Waals surface area (Å²) in [6.45, 7) is 0. The first kappa shape index (κ1) is 13.3. The predicted molar refractivity (Wildman–Crippen MR) is 77.2 cm³/mol. The topological polar surface area (TPSA) is 79.3 Å². The van der Waals surface area contributed by atoms with Gasteiger partial charge in [0.15, 0.2) is 0 Å². The third-order valence-corrected chi connectivity index (χ3v) is 3.75. The summed E-state index contributed by atoms with van der Waals surface area (Å²) >= 11 is 0. The van der Waals surface area contributed by atoms with Crippen LogP contribution in [-0.4, -0.2) is 22.0 Å². The van der Waals surface area contributed by atoms with Crippen LogP contribution in [0.4, 0.5) is 5.69 Å². The molecule has 0 radical (unpaired) electrons. The van der Waals surface area contributed by atoms with E-state index in [2.05, 4.69) is 10.3 Å². The van der Waals surface area contributed by atoms with Gasteiger partial charge in [0, 0.05) is 11.9 Å². The van der Waals surface area contributed by atoms with Gasteiger partial charge in [-0.25, -0.2) is 9.78 Å². The zero-order valence-electron chi connectivity index (χ0n) is 11.2. The van der Waals surface area contributed by atoms with Crippen molar-refractivity contribution in [2.75, 3.05) is 5.32 Å². The SMILES string of the molecule is O=C(O)c1cc(NC(=O)C2(c3ccccc3)CC2)ccn1. The molecule has 0 unspecified atom stereocenters. The molecule has 5 heteroatoms. The number of hydrogen-bond acceptors (Lipinski definition) is 3. The minimum atomic E-state index is -1.12. The zero-order valence-corrected chi connectivity index (χ0v) is 11.2. The highest BCUT2D eigenvalue weighted by molar-refractivity contribution is 6.01. The van der Waals surface area contributed by atoms with Gasteiger partial charge < -0.3 is 10.4 Å². The quantitative estimate of drug-likeness (QED) is 0.902.